The standard InChI is InChI=1S/C13H22N4O2/c1-13(10-19-9-11(13)15)12(18)17-7-5-16(6-8-17)4-2-3-14/h11H,2,4-10,15H2,1H3. The van der Waals surface area contributed by atoms with Gasteiger partial charge in [-0.25, -0.2) is 0 Å². The Morgan fingerprint density at radius 1 is 1.47 bits per heavy atom. The Morgan fingerprint density at radius 3 is 2.68 bits per heavy atom. The molecule has 19 heavy (non-hydrogen) atoms. The van der Waals surface area contributed by atoms with E-state index in [0.29, 0.717) is 32.7 Å². The zero-order valence-electron chi connectivity index (χ0n) is 11.5. The Balaban J connectivity index is 1.88. The second-order valence-corrected chi connectivity index (χ2v) is 5.58. The summed E-state index contributed by atoms with van der Waals surface area (Å²) < 4.78 is 5.34. The number of nitrogens with two attached hydrogens (primary N) is 1. The molecule has 2 atom stereocenters. The lowest BCUT2D eigenvalue weighted by Crippen LogP contribution is -2.56. The van der Waals surface area contributed by atoms with Crippen molar-refractivity contribution in [1.82, 2.24) is 9.80 Å². The Hall–Kier alpha value is -1.16. The summed E-state index contributed by atoms with van der Waals surface area (Å²) >= 11 is 0. The third kappa shape index (κ3) is 2.89. The zero-order valence-corrected chi connectivity index (χ0v) is 11.5. The predicted molar refractivity (Wildman–Crippen MR) is 70.2 cm³/mol. The van der Waals surface area contributed by atoms with Crippen molar-refractivity contribution in [2.45, 2.75) is 19.4 Å². The van der Waals surface area contributed by atoms with Crippen molar-refractivity contribution < 1.29 is 9.53 Å². The topological polar surface area (TPSA) is 82.6 Å². The Kier molecular flexibility index (Phi) is 4.40. The summed E-state index contributed by atoms with van der Waals surface area (Å²) in [5.74, 6) is 0.109. The summed E-state index contributed by atoms with van der Waals surface area (Å²) in [6.45, 7) is 6.66. The monoisotopic (exact) mass is 266 g/mol. The van der Waals surface area contributed by atoms with Crippen LogP contribution in [-0.4, -0.2) is 67.7 Å². The van der Waals surface area contributed by atoms with Crippen LogP contribution in [0.5, 0.6) is 0 Å². The zero-order chi connectivity index (χ0) is 13.9. The van der Waals surface area contributed by atoms with Gasteiger partial charge in [0.05, 0.1) is 24.7 Å². The first-order valence-corrected chi connectivity index (χ1v) is 6.80. The minimum absolute atomic E-state index is 0.109. The van der Waals surface area contributed by atoms with Crippen LogP contribution in [-0.2, 0) is 9.53 Å². The predicted octanol–water partition coefficient (Wildman–Crippen LogP) is -0.592. The van der Waals surface area contributed by atoms with Crippen molar-refractivity contribution in [3.8, 4) is 6.07 Å². The molecule has 0 aromatic carbocycles. The lowest BCUT2D eigenvalue weighted by molar-refractivity contribution is -0.143. The molecule has 6 nitrogen and oxygen atoms in total. The molecule has 0 bridgehead atoms. The number of hydrogen-bond acceptors (Lipinski definition) is 5. The third-order valence-corrected chi connectivity index (χ3v) is 4.21. The number of hydrogen-bond donors (Lipinski definition) is 1. The van der Waals surface area contributed by atoms with Crippen LogP contribution >= 0.6 is 0 Å². The number of amides is 1. The molecule has 2 N–H and O–H groups in total. The van der Waals surface area contributed by atoms with E-state index in [2.05, 4.69) is 11.0 Å². The van der Waals surface area contributed by atoms with Gasteiger partial charge in [-0.3, -0.25) is 9.69 Å². The molecule has 0 aromatic heterocycles. The summed E-state index contributed by atoms with van der Waals surface area (Å²) in [6, 6.07) is 1.94. The molecule has 2 rings (SSSR count). The average molecular weight is 266 g/mol. The Labute approximate surface area is 114 Å². The molecule has 106 valence electrons. The molecule has 0 aromatic rings. The summed E-state index contributed by atoms with van der Waals surface area (Å²) in [5, 5.41) is 8.57. The quantitative estimate of drug-likeness (QED) is 0.738. The van der Waals surface area contributed by atoms with Crippen LogP contribution in [0.3, 0.4) is 0 Å². The van der Waals surface area contributed by atoms with E-state index in [0.717, 1.165) is 19.6 Å². The van der Waals surface area contributed by atoms with Crippen molar-refractivity contribution in [1.29, 1.82) is 5.26 Å². The first kappa shape index (κ1) is 14.3. The molecule has 2 aliphatic heterocycles. The van der Waals surface area contributed by atoms with E-state index in [4.69, 9.17) is 15.7 Å². The molecule has 0 radical (unpaired) electrons. The van der Waals surface area contributed by atoms with Gasteiger partial charge in [-0.05, 0) is 6.92 Å². The highest BCUT2D eigenvalue weighted by Crippen LogP contribution is 2.29. The maximum atomic E-state index is 12.5. The van der Waals surface area contributed by atoms with Gasteiger partial charge < -0.3 is 15.4 Å². The first-order valence-electron chi connectivity index (χ1n) is 6.80. The van der Waals surface area contributed by atoms with Gasteiger partial charge in [0.25, 0.3) is 0 Å². The van der Waals surface area contributed by atoms with Crippen LogP contribution < -0.4 is 5.73 Å². The lowest BCUT2D eigenvalue weighted by Gasteiger charge is -2.39. The van der Waals surface area contributed by atoms with Crippen LogP contribution in [0.2, 0.25) is 0 Å². The van der Waals surface area contributed by atoms with Gasteiger partial charge in [0, 0.05) is 45.2 Å². The molecule has 2 heterocycles. The number of nitrogens with zero attached hydrogens (tertiary/aromatic N) is 3. The highest BCUT2D eigenvalue weighted by atomic mass is 16.5. The molecule has 2 unspecified atom stereocenters. The van der Waals surface area contributed by atoms with Crippen LogP contribution in [0.15, 0.2) is 0 Å². The van der Waals surface area contributed by atoms with Gasteiger partial charge in [-0.2, -0.15) is 5.26 Å². The first-order chi connectivity index (χ1) is 9.08. The molecule has 2 saturated heterocycles. The van der Waals surface area contributed by atoms with Gasteiger partial charge >= 0.3 is 0 Å². The molecule has 2 aliphatic rings. The molecule has 6 heteroatoms. The largest absolute Gasteiger partial charge is 0.379 e. The molecule has 2 fully saturated rings. The molecule has 0 spiro atoms. The highest BCUT2D eigenvalue weighted by molar-refractivity contribution is 5.83. The summed E-state index contributed by atoms with van der Waals surface area (Å²) in [4.78, 5) is 16.7. The van der Waals surface area contributed by atoms with Crippen LogP contribution in [0, 0.1) is 16.7 Å². The van der Waals surface area contributed by atoms with E-state index in [9.17, 15) is 4.79 Å². The van der Waals surface area contributed by atoms with Crippen molar-refractivity contribution >= 4 is 5.91 Å². The maximum absolute atomic E-state index is 12.5. The fraction of sp³-hybridized carbons (Fsp3) is 0.846. The van der Waals surface area contributed by atoms with Gasteiger partial charge in [0.1, 0.15) is 0 Å². The molecule has 0 saturated carbocycles. The van der Waals surface area contributed by atoms with E-state index in [1.54, 1.807) is 0 Å². The average Bonchev–Trinajstić information content (AvgIpc) is 2.77. The molecule has 0 aliphatic carbocycles. The van der Waals surface area contributed by atoms with E-state index in [-0.39, 0.29) is 11.9 Å². The van der Waals surface area contributed by atoms with E-state index in [1.807, 2.05) is 11.8 Å². The minimum atomic E-state index is -0.575. The number of nitriles is 1. The van der Waals surface area contributed by atoms with Crippen LogP contribution in [0.4, 0.5) is 0 Å². The highest BCUT2D eigenvalue weighted by Gasteiger charge is 2.46. The molecular formula is C13H22N4O2. The van der Waals surface area contributed by atoms with Crippen LogP contribution in [0.25, 0.3) is 0 Å². The fourth-order valence-corrected chi connectivity index (χ4v) is 2.65. The second kappa shape index (κ2) is 5.87. The normalized spacial score (nSPS) is 32.3. The second-order valence-electron chi connectivity index (χ2n) is 5.58. The van der Waals surface area contributed by atoms with Gasteiger partial charge in [0.2, 0.25) is 5.91 Å². The maximum Gasteiger partial charge on any atom is 0.232 e. The third-order valence-electron chi connectivity index (χ3n) is 4.21. The van der Waals surface area contributed by atoms with Gasteiger partial charge in [-0.1, -0.05) is 0 Å². The summed E-state index contributed by atoms with van der Waals surface area (Å²) in [7, 11) is 0. The Bertz CT molecular complexity index is 373. The van der Waals surface area contributed by atoms with E-state index >= 15 is 0 Å². The van der Waals surface area contributed by atoms with Crippen molar-refractivity contribution in [2.75, 3.05) is 45.9 Å². The number of carbonyl (C=O) groups excluding carboxylic acids is 1. The number of ether oxygens (including phenoxy) is 1. The SMILES string of the molecule is CC1(C(=O)N2CCN(CCC#N)CC2)COCC1N. The van der Waals surface area contributed by atoms with Crippen molar-refractivity contribution in [3.63, 3.8) is 0 Å². The number of rotatable bonds is 3. The van der Waals surface area contributed by atoms with Gasteiger partial charge in [0.15, 0.2) is 0 Å². The number of piperazine rings is 1. The molecule has 1 amide bonds. The summed E-state index contributed by atoms with van der Waals surface area (Å²) in [6.07, 6.45) is 0.546. The molecular weight excluding hydrogens is 244 g/mol. The van der Waals surface area contributed by atoms with E-state index < -0.39 is 5.41 Å². The van der Waals surface area contributed by atoms with Gasteiger partial charge in [-0.15, -0.1) is 0 Å². The lowest BCUT2D eigenvalue weighted by atomic mass is 9.84. The smallest absolute Gasteiger partial charge is 0.232 e. The van der Waals surface area contributed by atoms with Crippen LogP contribution in [0.1, 0.15) is 13.3 Å². The van der Waals surface area contributed by atoms with Crippen molar-refractivity contribution in [3.05, 3.63) is 0 Å². The summed E-state index contributed by atoms with van der Waals surface area (Å²) in [5.41, 5.74) is 5.42. The van der Waals surface area contributed by atoms with Crippen molar-refractivity contribution in [2.24, 2.45) is 11.1 Å². The Morgan fingerprint density at radius 2 is 2.16 bits per heavy atom. The number of carbonyl (C=O) groups is 1. The fourth-order valence-electron chi connectivity index (χ4n) is 2.65. The minimum Gasteiger partial charge on any atom is -0.379 e. The van der Waals surface area contributed by atoms with E-state index in [1.165, 1.54) is 0 Å².